The van der Waals surface area contributed by atoms with E-state index in [0.717, 1.165) is 12.1 Å². The molecule has 22 heavy (non-hydrogen) atoms. The Balaban J connectivity index is 2.35. The molecule has 0 aliphatic carbocycles. The quantitative estimate of drug-likeness (QED) is 0.629. The molecule has 8 heteroatoms. The second-order valence-electron chi connectivity index (χ2n) is 5.03. The Morgan fingerprint density at radius 3 is 2.68 bits per heavy atom. The van der Waals surface area contributed by atoms with Crippen LogP contribution in [0.1, 0.15) is 0 Å². The molecule has 1 aliphatic rings. The minimum Gasteiger partial charge on any atom is -0.353 e. The van der Waals surface area contributed by atoms with E-state index in [-0.39, 0.29) is 27.7 Å². The molecule has 114 valence electrons. The first kappa shape index (κ1) is 14.5. The summed E-state index contributed by atoms with van der Waals surface area (Å²) in [7, 11) is 1.67. The highest BCUT2D eigenvalue weighted by atomic mass is 35.5. The van der Waals surface area contributed by atoms with Gasteiger partial charge in [-0.25, -0.2) is 4.39 Å². The molecule has 0 atom stereocenters. The molecule has 0 bridgehead atoms. The van der Waals surface area contributed by atoms with E-state index >= 15 is 0 Å². The fraction of sp³-hybridized carbons (Fsp3) is 0.214. The molecular weight excluding hydrogens is 313 g/mol. The largest absolute Gasteiger partial charge is 0.353 e. The molecule has 2 heterocycles. The number of fused-ring (bicyclic) bond motifs is 1. The molecule has 0 saturated carbocycles. The maximum absolute atomic E-state index is 14.0. The summed E-state index contributed by atoms with van der Waals surface area (Å²) in [4.78, 5) is 24.9. The molecule has 0 unspecified atom stereocenters. The smallest absolute Gasteiger partial charge is 0.310 e. The molecule has 1 aromatic carbocycles. The lowest BCUT2D eigenvalue weighted by Crippen LogP contribution is -2.22. The van der Waals surface area contributed by atoms with Crippen molar-refractivity contribution in [1.82, 2.24) is 4.57 Å². The monoisotopic (exact) mass is 323 g/mol. The number of benzene rings is 1. The molecular formula is C14H11ClFN3O3. The maximum Gasteiger partial charge on any atom is 0.310 e. The fourth-order valence-corrected chi connectivity index (χ4v) is 2.81. The van der Waals surface area contributed by atoms with Crippen LogP contribution in [0.25, 0.3) is 11.1 Å². The Morgan fingerprint density at radius 2 is 2.00 bits per heavy atom. The summed E-state index contributed by atoms with van der Waals surface area (Å²) in [6.45, 7) is 0.805. The van der Waals surface area contributed by atoms with Gasteiger partial charge in [-0.05, 0) is 18.2 Å². The summed E-state index contributed by atoms with van der Waals surface area (Å²) in [5, 5.41) is 11.5. The molecule has 0 radical (unpaired) electrons. The van der Waals surface area contributed by atoms with Gasteiger partial charge in [-0.1, -0.05) is 11.6 Å². The molecule has 0 spiro atoms. The number of anilines is 1. The number of hydrogen-bond acceptors (Lipinski definition) is 4. The van der Waals surface area contributed by atoms with Crippen LogP contribution in [0.4, 0.5) is 15.9 Å². The highest BCUT2D eigenvalue weighted by Crippen LogP contribution is 2.34. The number of hydrogen-bond donors (Lipinski definition) is 0. The van der Waals surface area contributed by atoms with Crippen LogP contribution >= 0.6 is 11.6 Å². The van der Waals surface area contributed by atoms with E-state index in [4.69, 9.17) is 11.6 Å². The predicted molar refractivity (Wildman–Crippen MR) is 81.0 cm³/mol. The minimum atomic E-state index is -0.650. The van der Waals surface area contributed by atoms with E-state index in [2.05, 4.69) is 0 Å². The van der Waals surface area contributed by atoms with E-state index in [1.54, 1.807) is 11.9 Å². The highest BCUT2D eigenvalue weighted by Gasteiger charge is 2.30. The van der Waals surface area contributed by atoms with E-state index in [0.29, 0.717) is 13.1 Å². The molecule has 0 N–H and O–H groups in total. The van der Waals surface area contributed by atoms with Crippen molar-refractivity contribution in [2.75, 3.05) is 18.5 Å². The Kier molecular flexibility index (Phi) is 3.37. The summed E-state index contributed by atoms with van der Waals surface area (Å²) < 4.78 is 15.3. The summed E-state index contributed by atoms with van der Waals surface area (Å²) >= 11 is 5.84. The van der Waals surface area contributed by atoms with Gasteiger partial charge in [0.2, 0.25) is 0 Å². The normalized spacial score (nSPS) is 13.3. The molecule has 0 amide bonds. The average Bonchev–Trinajstić information content (AvgIpc) is 2.85. The van der Waals surface area contributed by atoms with Gasteiger partial charge in [-0.2, -0.15) is 0 Å². The van der Waals surface area contributed by atoms with Gasteiger partial charge >= 0.3 is 5.69 Å². The number of likely N-dealkylation sites (N-methyl/N-ethyl adjacent to an activating group) is 1. The number of nitrogens with zero attached hydrogens (tertiary/aromatic N) is 3. The third-order valence-corrected chi connectivity index (χ3v) is 3.91. The van der Waals surface area contributed by atoms with E-state index in [1.165, 1.54) is 16.7 Å². The Labute approximate surface area is 129 Å². The van der Waals surface area contributed by atoms with Gasteiger partial charge in [-0.15, -0.1) is 0 Å². The van der Waals surface area contributed by atoms with Crippen LogP contribution in [0.3, 0.4) is 0 Å². The van der Waals surface area contributed by atoms with E-state index in [1.807, 2.05) is 0 Å². The van der Waals surface area contributed by atoms with Crippen molar-refractivity contribution >= 4 is 23.1 Å². The lowest BCUT2D eigenvalue weighted by atomic mass is 10.1. The first-order valence-corrected chi connectivity index (χ1v) is 6.86. The van der Waals surface area contributed by atoms with Crippen LogP contribution in [0, 0.1) is 15.9 Å². The van der Waals surface area contributed by atoms with Crippen molar-refractivity contribution in [3.63, 3.8) is 0 Å². The zero-order chi connectivity index (χ0) is 16.0. The zero-order valence-corrected chi connectivity index (χ0v) is 12.3. The fourth-order valence-electron chi connectivity index (χ4n) is 2.64. The van der Waals surface area contributed by atoms with Crippen LogP contribution in [-0.2, 0) is 6.54 Å². The van der Waals surface area contributed by atoms with Crippen molar-refractivity contribution in [2.24, 2.45) is 0 Å². The Morgan fingerprint density at radius 1 is 1.27 bits per heavy atom. The van der Waals surface area contributed by atoms with Crippen molar-refractivity contribution in [2.45, 2.75) is 6.54 Å². The lowest BCUT2D eigenvalue weighted by Gasteiger charge is -2.13. The summed E-state index contributed by atoms with van der Waals surface area (Å²) in [5.41, 5.74) is -0.795. The van der Waals surface area contributed by atoms with E-state index < -0.39 is 16.3 Å². The molecule has 1 aliphatic heterocycles. The van der Waals surface area contributed by atoms with Gasteiger partial charge < -0.3 is 4.90 Å². The second-order valence-corrected chi connectivity index (χ2v) is 5.46. The third kappa shape index (κ3) is 2.14. The maximum atomic E-state index is 14.0. The Bertz CT molecular complexity index is 850. The van der Waals surface area contributed by atoms with E-state index in [9.17, 15) is 19.3 Å². The van der Waals surface area contributed by atoms with Crippen molar-refractivity contribution in [3.05, 3.63) is 55.6 Å². The van der Waals surface area contributed by atoms with Gasteiger partial charge in [0.05, 0.1) is 10.5 Å². The topological polar surface area (TPSA) is 68.4 Å². The minimum absolute atomic E-state index is 0.0366. The van der Waals surface area contributed by atoms with Crippen LogP contribution in [0.5, 0.6) is 0 Å². The molecule has 2 aromatic rings. The van der Waals surface area contributed by atoms with Crippen LogP contribution in [0.2, 0.25) is 5.02 Å². The first-order chi connectivity index (χ1) is 10.4. The van der Waals surface area contributed by atoms with Crippen molar-refractivity contribution in [3.8, 4) is 11.1 Å². The van der Waals surface area contributed by atoms with Crippen LogP contribution in [-0.4, -0.2) is 23.1 Å². The molecule has 3 rings (SSSR count). The standard InChI is InChI=1S/C14H11ClFN3O3/c1-17-4-5-18-13(17)12(19(21)22)7-10(14(18)20)9-6-8(15)2-3-11(9)16/h2-3,6-7H,4-5H2,1H3. The summed E-state index contributed by atoms with van der Waals surface area (Å²) in [6.07, 6.45) is 0. The number of halogens is 2. The van der Waals surface area contributed by atoms with Crippen LogP contribution in [0.15, 0.2) is 29.1 Å². The third-order valence-electron chi connectivity index (χ3n) is 3.68. The summed E-state index contributed by atoms with van der Waals surface area (Å²) in [6, 6.07) is 4.90. The van der Waals surface area contributed by atoms with Crippen molar-refractivity contribution < 1.29 is 9.31 Å². The van der Waals surface area contributed by atoms with Gasteiger partial charge in [-0.3, -0.25) is 19.5 Å². The van der Waals surface area contributed by atoms with Gasteiger partial charge in [0.1, 0.15) is 5.82 Å². The number of nitro groups is 1. The molecule has 1 aromatic heterocycles. The van der Waals surface area contributed by atoms with Crippen molar-refractivity contribution in [1.29, 1.82) is 0 Å². The second kappa shape index (κ2) is 5.10. The molecule has 0 fully saturated rings. The first-order valence-electron chi connectivity index (χ1n) is 6.49. The lowest BCUT2D eigenvalue weighted by molar-refractivity contribution is -0.384. The predicted octanol–water partition coefficient (Wildman–Crippen LogP) is 2.67. The number of pyridine rings is 1. The van der Waals surface area contributed by atoms with Gasteiger partial charge in [0, 0.05) is 36.8 Å². The Hall–Kier alpha value is -2.41. The number of aromatic nitrogens is 1. The van der Waals surface area contributed by atoms with Gasteiger partial charge in [0.25, 0.3) is 5.56 Å². The number of rotatable bonds is 2. The average molecular weight is 324 g/mol. The summed E-state index contributed by atoms with van der Waals surface area (Å²) in [5.74, 6) is -0.413. The van der Waals surface area contributed by atoms with Crippen LogP contribution < -0.4 is 10.5 Å². The highest BCUT2D eigenvalue weighted by molar-refractivity contribution is 6.30. The molecule has 6 nitrogen and oxygen atoms in total. The molecule has 0 saturated heterocycles. The zero-order valence-electron chi connectivity index (χ0n) is 11.5. The SMILES string of the molecule is CN1CCn2c1c([N+](=O)[O-])cc(-c1cc(Cl)ccc1F)c2=O. The van der Waals surface area contributed by atoms with Gasteiger partial charge in [0.15, 0.2) is 5.82 Å².